The van der Waals surface area contributed by atoms with Crippen LogP contribution in [0.3, 0.4) is 0 Å². The number of nitrogens with two attached hydrogens (primary N) is 1. The van der Waals surface area contributed by atoms with Gasteiger partial charge in [-0.05, 0) is 12.5 Å². The predicted molar refractivity (Wildman–Crippen MR) is 65.7 cm³/mol. The normalized spacial score (nSPS) is 10.5. The van der Waals surface area contributed by atoms with Crippen molar-refractivity contribution in [3.8, 4) is 0 Å². The number of primary amides is 1. The Morgan fingerprint density at radius 3 is 2.56 bits per heavy atom. The fourth-order valence-electron chi connectivity index (χ4n) is 1.15. The van der Waals surface area contributed by atoms with E-state index < -0.39 is 5.91 Å². The van der Waals surface area contributed by atoms with Crippen LogP contribution in [0.1, 0.15) is 36.0 Å². The number of hydrogen-bond donors (Lipinski definition) is 2. The molecule has 4 nitrogen and oxygen atoms in total. The lowest BCUT2D eigenvalue weighted by Gasteiger charge is -2.06. The Morgan fingerprint density at radius 2 is 2.12 bits per heavy atom. The van der Waals surface area contributed by atoms with Crippen LogP contribution in [-0.2, 0) is 11.2 Å². The highest BCUT2D eigenvalue weighted by atomic mass is 32.1. The molecule has 0 aromatic carbocycles. The average molecular weight is 240 g/mol. The molecule has 0 radical (unpaired) electrons. The summed E-state index contributed by atoms with van der Waals surface area (Å²) in [5.41, 5.74) is 5.65. The zero-order valence-electron chi connectivity index (χ0n) is 9.66. The maximum Gasteiger partial charge on any atom is 0.251 e. The van der Waals surface area contributed by atoms with Gasteiger partial charge in [0.2, 0.25) is 5.91 Å². The van der Waals surface area contributed by atoms with Crippen molar-refractivity contribution in [1.29, 1.82) is 0 Å². The monoisotopic (exact) mass is 240 g/mol. The van der Waals surface area contributed by atoms with Gasteiger partial charge in [0.1, 0.15) is 5.00 Å². The molecule has 0 aliphatic carbocycles. The molecule has 0 spiro atoms. The van der Waals surface area contributed by atoms with Gasteiger partial charge in [-0.25, -0.2) is 0 Å². The number of anilines is 1. The van der Waals surface area contributed by atoms with Gasteiger partial charge in [0.15, 0.2) is 0 Å². The standard InChI is InChI=1S/C11H16N2O2S/c1-4-7-5-8(9(12)14)11(16-7)13-10(15)6(2)3/h5-6H,4H2,1-3H3,(H2,12,14)(H,13,15). The summed E-state index contributed by atoms with van der Waals surface area (Å²) in [4.78, 5) is 23.7. The molecule has 88 valence electrons. The lowest BCUT2D eigenvalue weighted by Crippen LogP contribution is -2.20. The highest BCUT2D eigenvalue weighted by Gasteiger charge is 2.16. The molecule has 0 unspecified atom stereocenters. The van der Waals surface area contributed by atoms with Gasteiger partial charge in [0, 0.05) is 10.8 Å². The largest absolute Gasteiger partial charge is 0.366 e. The summed E-state index contributed by atoms with van der Waals surface area (Å²) in [6, 6.07) is 1.74. The average Bonchev–Trinajstić information content (AvgIpc) is 2.61. The summed E-state index contributed by atoms with van der Waals surface area (Å²) in [5, 5.41) is 3.28. The van der Waals surface area contributed by atoms with Crippen LogP contribution >= 0.6 is 11.3 Å². The summed E-state index contributed by atoms with van der Waals surface area (Å²) in [7, 11) is 0. The van der Waals surface area contributed by atoms with Crippen LogP contribution in [0.2, 0.25) is 0 Å². The summed E-state index contributed by atoms with van der Waals surface area (Å²) in [5.74, 6) is -0.727. The number of hydrogen-bond acceptors (Lipinski definition) is 3. The minimum Gasteiger partial charge on any atom is -0.366 e. The van der Waals surface area contributed by atoms with Crippen LogP contribution in [-0.4, -0.2) is 11.8 Å². The fourth-order valence-corrected chi connectivity index (χ4v) is 2.15. The van der Waals surface area contributed by atoms with Gasteiger partial charge in [0.25, 0.3) is 5.91 Å². The van der Waals surface area contributed by atoms with Gasteiger partial charge < -0.3 is 11.1 Å². The zero-order chi connectivity index (χ0) is 12.3. The first kappa shape index (κ1) is 12.7. The van der Waals surface area contributed by atoms with Crippen LogP contribution in [0, 0.1) is 5.92 Å². The number of carbonyl (C=O) groups is 2. The molecule has 0 atom stereocenters. The van der Waals surface area contributed by atoms with E-state index in [0.29, 0.717) is 10.6 Å². The third kappa shape index (κ3) is 2.82. The molecule has 1 aromatic rings. The van der Waals surface area contributed by atoms with E-state index in [1.807, 2.05) is 6.92 Å². The minimum atomic E-state index is -0.505. The van der Waals surface area contributed by atoms with Gasteiger partial charge in [-0.2, -0.15) is 0 Å². The van der Waals surface area contributed by atoms with Crippen molar-refractivity contribution >= 4 is 28.2 Å². The topological polar surface area (TPSA) is 72.2 Å². The van der Waals surface area contributed by atoms with Crippen molar-refractivity contribution in [2.75, 3.05) is 5.32 Å². The number of amides is 2. The highest BCUT2D eigenvalue weighted by molar-refractivity contribution is 7.16. The molecule has 0 saturated carbocycles. The quantitative estimate of drug-likeness (QED) is 0.845. The minimum absolute atomic E-state index is 0.105. The number of carbonyl (C=O) groups excluding carboxylic acids is 2. The second-order valence-corrected chi connectivity index (χ2v) is 4.95. The lowest BCUT2D eigenvalue weighted by molar-refractivity contribution is -0.118. The van der Waals surface area contributed by atoms with Gasteiger partial charge in [0.05, 0.1) is 5.56 Å². The maximum atomic E-state index is 11.5. The molecule has 0 saturated heterocycles. The third-order valence-electron chi connectivity index (χ3n) is 2.16. The summed E-state index contributed by atoms with van der Waals surface area (Å²) < 4.78 is 0. The van der Waals surface area contributed by atoms with Crippen molar-refractivity contribution < 1.29 is 9.59 Å². The summed E-state index contributed by atoms with van der Waals surface area (Å²) in [6.45, 7) is 5.59. The van der Waals surface area contributed by atoms with E-state index in [4.69, 9.17) is 5.73 Å². The van der Waals surface area contributed by atoms with Crippen LogP contribution in [0.4, 0.5) is 5.00 Å². The Kier molecular flexibility index (Phi) is 4.06. The van der Waals surface area contributed by atoms with Gasteiger partial charge in [-0.3, -0.25) is 9.59 Å². The molecule has 0 fully saturated rings. The Balaban J connectivity index is 2.98. The summed E-state index contributed by atoms with van der Waals surface area (Å²) in [6.07, 6.45) is 0.822. The SMILES string of the molecule is CCc1cc(C(N)=O)c(NC(=O)C(C)C)s1. The molecule has 0 aliphatic heterocycles. The van der Waals surface area contributed by atoms with Crippen molar-refractivity contribution in [3.05, 3.63) is 16.5 Å². The highest BCUT2D eigenvalue weighted by Crippen LogP contribution is 2.28. The molecule has 2 amide bonds. The first-order chi connectivity index (χ1) is 7.45. The molecule has 5 heteroatoms. The van der Waals surface area contributed by atoms with Crippen molar-refractivity contribution in [3.63, 3.8) is 0 Å². The Morgan fingerprint density at radius 1 is 1.50 bits per heavy atom. The second-order valence-electron chi connectivity index (χ2n) is 3.82. The molecular formula is C11H16N2O2S. The Hall–Kier alpha value is -1.36. The van der Waals surface area contributed by atoms with E-state index in [-0.39, 0.29) is 11.8 Å². The van der Waals surface area contributed by atoms with Crippen LogP contribution < -0.4 is 11.1 Å². The summed E-state index contributed by atoms with van der Waals surface area (Å²) >= 11 is 1.40. The lowest BCUT2D eigenvalue weighted by atomic mass is 10.2. The van der Waals surface area contributed by atoms with Crippen LogP contribution in [0.5, 0.6) is 0 Å². The van der Waals surface area contributed by atoms with Gasteiger partial charge in [-0.1, -0.05) is 20.8 Å². The van der Waals surface area contributed by atoms with Crippen LogP contribution in [0.15, 0.2) is 6.07 Å². The number of aryl methyl sites for hydroxylation is 1. The van der Waals surface area contributed by atoms with Crippen molar-refractivity contribution in [2.24, 2.45) is 11.7 Å². The third-order valence-corrected chi connectivity index (χ3v) is 3.35. The van der Waals surface area contributed by atoms with E-state index >= 15 is 0 Å². The number of nitrogens with one attached hydrogen (secondary N) is 1. The molecular weight excluding hydrogens is 224 g/mol. The fraction of sp³-hybridized carbons (Fsp3) is 0.455. The molecule has 1 heterocycles. The molecule has 1 rings (SSSR count). The second kappa shape index (κ2) is 5.12. The van der Waals surface area contributed by atoms with E-state index in [2.05, 4.69) is 5.32 Å². The molecule has 16 heavy (non-hydrogen) atoms. The molecule has 0 aliphatic rings. The Bertz CT molecular complexity index is 410. The van der Waals surface area contributed by atoms with Crippen molar-refractivity contribution in [2.45, 2.75) is 27.2 Å². The van der Waals surface area contributed by atoms with E-state index in [0.717, 1.165) is 11.3 Å². The smallest absolute Gasteiger partial charge is 0.251 e. The molecule has 3 N–H and O–H groups in total. The maximum absolute atomic E-state index is 11.5. The first-order valence-corrected chi connectivity index (χ1v) is 6.00. The van der Waals surface area contributed by atoms with Gasteiger partial charge >= 0.3 is 0 Å². The van der Waals surface area contributed by atoms with Crippen LogP contribution in [0.25, 0.3) is 0 Å². The van der Waals surface area contributed by atoms with Crippen molar-refractivity contribution in [1.82, 2.24) is 0 Å². The Labute approximate surface area is 98.8 Å². The predicted octanol–water partition coefficient (Wildman–Crippen LogP) is 2.00. The zero-order valence-corrected chi connectivity index (χ0v) is 10.5. The molecule has 0 bridgehead atoms. The molecule has 1 aromatic heterocycles. The van der Waals surface area contributed by atoms with Gasteiger partial charge in [-0.15, -0.1) is 11.3 Å². The van der Waals surface area contributed by atoms with E-state index in [1.165, 1.54) is 11.3 Å². The van der Waals surface area contributed by atoms with E-state index in [9.17, 15) is 9.59 Å². The number of thiophene rings is 1. The first-order valence-electron chi connectivity index (χ1n) is 5.19. The number of rotatable bonds is 4. The van der Waals surface area contributed by atoms with E-state index in [1.54, 1.807) is 19.9 Å².